The molecule has 0 spiro atoms. The minimum atomic E-state index is -0.740. The van der Waals surface area contributed by atoms with Crippen molar-refractivity contribution in [1.29, 1.82) is 0 Å². The van der Waals surface area contributed by atoms with Crippen LogP contribution in [0.3, 0.4) is 0 Å². The van der Waals surface area contributed by atoms with Gasteiger partial charge in [0.15, 0.2) is 0 Å². The van der Waals surface area contributed by atoms with Gasteiger partial charge >= 0.3 is 0 Å². The lowest BCUT2D eigenvalue weighted by Gasteiger charge is -2.22. The number of hydrogen-bond donors (Lipinski definition) is 1. The molecule has 0 saturated carbocycles. The maximum Gasteiger partial charge on any atom is 0.0843 e. The lowest BCUT2D eigenvalue weighted by atomic mass is 9.91. The van der Waals surface area contributed by atoms with Crippen LogP contribution in [0.2, 0.25) is 0 Å². The van der Waals surface area contributed by atoms with Gasteiger partial charge in [-0.2, -0.15) is 0 Å². The summed E-state index contributed by atoms with van der Waals surface area (Å²) >= 11 is 0. The highest BCUT2D eigenvalue weighted by atomic mass is 16.3. The van der Waals surface area contributed by atoms with E-state index in [-0.39, 0.29) is 0 Å². The summed E-state index contributed by atoms with van der Waals surface area (Å²) in [6, 6.07) is 6.72. The monoisotopic (exact) mass is 205 g/mol. The van der Waals surface area contributed by atoms with Crippen molar-refractivity contribution < 1.29 is 5.11 Å². The predicted molar refractivity (Wildman–Crippen MR) is 63.3 cm³/mol. The van der Waals surface area contributed by atoms with Gasteiger partial charge in [0.1, 0.15) is 0 Å². The average Bonchev–Trinajstić information content (AvgIpc) is 2.41. The van der Waals surface area contributed by atoms with Crippen molar-refractivity contribution in [3.05, 3.63) is 29.3 Å². The van der Waals surface area contributed by atoms with E-state index in [1.54, 1.807) is 0 Å². The molecule has 82 valence electrons. The van der Waals surface area contributed by atoms with Gasteiger partial charge in [0.25, 0.3) is 0 Å². The zero-order chi connectivity index (χ0) is 11.2. The number of aliphatic hydroxyl groups is 1. The summed E-state index contributed by atoms with van der Waals surface area (Å²) in [7, 11) is 2.12. The van der Waals surface area contributed by atoms with Crippen molar-refractivity contribution in [3.63, 3.8) is 0 Å². The topological polar surface area (TPSA) is 23.5 Å². The Morgan fingerprint density at radius 3 is 2.67 bits per heavy atom. The van der Waals surface area contributed by atoms with E-state index in [4.69, 9.17) is 0 Å². The molecule has 2 rings (SSSR count). The molecule has 1 atom stereocenters. The molecule has 0 radical (unpaired) electrons. The second-order valence-corrected chi connectivity index (χ2v) is 5.03. The molecule has 1 aliphatic heterocycles. The van der Waals surface area contributed by atoms with Crippen LogP contribution < -0.4 is 4.90 Å². The van der Waals surface area contributed by atoms with Crippen LogP contribution in [-0.2, 0) is 12.0 Å². The molecule has 1 N–H and O–H groups in total. The highest BCUT2D eigenvalue weighted by Crippen LogP contribution is 2.37. The van der Waals surface area contributed by atoms with E-state index in [9.17, 15) is 5.11 Å². The van der Waals surface area contributed by atoms with Crippen LogP contribution in [0.15, 0.2) is 18.2 Å². The normalized spacial score (nSPS) is 20.6. The maximum atomic E-state index is 10.1. The van der Waals surface area contributed by atoms with Crippen LogP contribution in [0.25, 0.3) is 0 Å². The van der Waals surface area contributed by atoms with Gasteiger partial charge in [-0.3, -0.25) is 0 Å². The molecule has 2 heteroatoms. The molecule has 1 aromatic rings. The van der Waals surface area contributed by atoms with Crippen molar-refractivity contribution in [2.45, 2.75) is 38.8 Å². The first kappa shape index (κ1) is 10.5. The first-order chi connectivity index (χ1) is 6.91. The quantitative estimate of drug-likeness (QED) is 0.760. The Bertz CT molecular complexity index is 379. The molecule has 0 bridgehead atoms. The van der Waals surface area contributed by atoms with Gasteiger partial charge in [-0.25, -0.2) is 0 Å². The summed E-state index contributed by atoms with van der Waals surface area (Å²) in [6.45, 7) is 5.92. The van der Waals surface area contributed by atoms with Gasteiger partial charge in [0, 0.05) is 18.8 Å². The third-order valence-corrected chi connectivity index (χ3v) is 3.35. The molecule has 0 aliphatic carbocycles. The lowest BCUT2D eigenvalue weighted by Crippen LogP contribution is -2.23. The second-order valence-electron chi connectivity index (χ2n) is 5.03. The minimum absolute atomic E-state index is 0.531. The van der Waals surface area contributed by atoms with E-state index >= 15 is 0 Å². The third-order valence-electron chi connectivity index (χ3n) is 3.35. The van der Waals surface area contributed by atoms with Crippen molar-refractivity contribution in [1.82, 2.24) is 0 Å². The molecule has 0 amide bonds. The Hall–Kier alpha value is -1.02. The van der Waals surface area contributed by atoms with Crippen molar-refractivity contribution >= 4 is 5.69 Å². The van der Waals surface area contributed by atoms with Crippen LogP contribution >= 0.6 is 0 Å². The van der Waals surface area contributed by atoms with E-state index in [2.05, 4.69) is 24.9 Å². The number of likely N-dealkylation sites (N-methyl/N-ethyl adjacent to an activating group) is 1. The molecule has 1 aliphatic rings. The Morgan fingerprint density at radius 2 is 2.07 bits per heavy atom. The van der Waals surface area contributed by atoms with Gasteiger partial charge in [-0.1, -0.05) is 12.1 Å². The molecule has 1 unspecified atom stereocenters. The molecule has 1 aromatic carbocycles. The Balaban J connectivity index is 2.55. The molecule has 1 heterocycles. The third kappa shape index (κ3) is 1.63. The zero-order valence-electron chi connectivity index (χ0n) is 9.91. The largest absolute Gasteiger partial charge is 0.386 e. The summed E-state index contributed by atoms with van der Waals surface area (Å²) in [5.74, 6) is 0. The second kappa shape index (κ2) is 3.24. The average molecular weight is 205 g/mol. The summed E-state index contributed by atoms with van der Waals surface area (Å²) in [6.07, 6.45) is 1.03. The van der Waals surface area contributed by atoms with E-state index in [1.165, 1.54) is 11.3 Å². The van der Waals surface area contributed by atoms with Gasteiger partial charge in [-0.15, -0.1) is 0 Å². The molecule has 0 fully saturated rings. The first-order valence-corrected chi connectivity index (χ1v) is 5.49. The zero-order valence-corrected chi connectivity index (χ0v) is 9.91. The van der Waals surface area contributed by atoms with Crippen LogP contribution in [0.5, 0.6) is 0 Å². The molecule has 2 nitrogen and oxygen atoms in total. The highest BCUT2D eigenvalue weighted by Gasteiger charge is 2.29. The first-order valence-electron chi connectivity index (χ1n) is 5.49. The van der Waals surface area contributed by atoms with Crippen LogP contribution in [-0.4, -0.2) is 18.2 Å². The van der Waals surface area contributed by atoms with E-state index in [0.29, 0.717) is 6.04 Å². The van der Waals surface area contributed by atoms with Gasteiger partial charge in [-0.05, 0) is 44.4 Å². The number of rotatable bonds is 1. The molecular formula is C13H19NO. The number of benzene rings is 1. The summed E-state index contributed by atoms with van der Waals surface area (Å²) in [5.41, 5.74) is 2.90. The SMILES string of the molecule is CC1Cc2c(cccc2C(C)(C)O)N1C. The smallest absolute Gasteiger partial charge is 0.0843 e. The molecular weight excluding hydrogens is 186 g/mol. The molecule has 15 heavy (non-hydrogen) atoms. The summed E-state index contributed by atoms with van der Waals surface area (Å²) in [4.78, 5) is 2.28. The maximum absolute atomic E-state index is 10.1. The molecule has 0 aromatic heterocycles. The number of anilines is 1. The van der Waals surface area contributed by atoms with Crippen molar-refractivity contribution in [2.75, 3.05) is 11.9 Å². The Morgan fingerprint density at radius 1 is 1.40 bits per heavy atom. The number of hydrogen-bond acceptors (Lipinski definition) is 2. The standard InChI is InChI=1S/C13H19NO/c1-9-8-10-11(13(2,3)15)6-5-7-12(10)14(9)4/h5-7,9,15H,8H2,1-4H3. The summed E-state index contributed by atoms with van der Waals surface area (Å²) < 4.78 is 0. The van der Waals surface area contributed by atoms with Crippen molar-refractivity contribution in [3.8, 4) is 0 Å². The van der Waals surface area contributed by atoms with Gasteiger partial charge in [0.05, 0.1) is 5.60 Å². The Labute approximate surface area is 91.5 Å². The number of fused-ring (bicyclic) bond motifs is 1. The lowest BCUT2D eigenvalue weighted by molar-refractivity contribution is 0.0778. The predicted octanol–water partition coefficient (Wildman–Crippen LogP) is 2.29. The van der Waals surface area contributed by atoms with Crippen LogP contribution in [0.4, 0.5) is 5.69 Å². The fourth-order valence-corrected chi connectivity index (χ4v) is 2.36. The van der Waals surface area contributed by atoms with E-state index in [0.717, 1.165) is 12.0 Å². The van der Waals surface area contributed by atoms with Gasteiger partial charge in [0.2, 0.25) is 0 Å². The fraction of sp³-hybridized carbons (Fsp3) is 0.538. The van der Waals surface area contributed by atoms with Gasteiger partial charge < -0.3 is 10.0 Å². The van der Waals surface area contributed by atoms with E-state index in [1.807, 2.05) is 26.0 Å². The molecule has 0 saturated heterocycles. The van der Waals surface area contributed by atoms with Crippen LogP contribution in [0.1, 0.15) is 31.9 Å². The van der Waals surface area contributed by atoms with Crippen LogP contribution in [0, 0.1) is 0 Å². The van der Waals surface area contributed by atoms with E-state index < -0.39 is 5.60 Å². The fourth-order valence-electron chi connectivity index (χ4n) is 2.36. The Kier molecular flexibility index (Phi) is 2.27. The minimum Gasteiger partial charge on any atom is -0.386 e. The number of nitrogens with zero attached hydrogens (tertiary/aromatic N) is 1. The van der Waals surface area contributed by atoms with Crippen molar-refractivity contribution in [2.24, 2.45) is 0 Å². The highest BCUT2D eigenvalue weighted by molar-refractivity contribution is 5.62. The summed E-state index contributed by atoms with van der Waals surface area (Å²) in [5, 5.41) is 10.1.